The number of hydrogen-bond donors (Lipinski definition) is 0. The molecular formula is C6H14Cl6O2W-6. The third-order valence-corrected chi connectivity index (χ3v) is 0.803. The predicted octanol–water partition coefficient (Wildman–Crippen LogP) is -16.6. The fourth-order valence-electron chi connectivity index (χ4n) is 0.518. The monoisotopic (exact) mass is 512 g/mol. The summed E-state index contributed by atoms with van der Waals surface area (Å²) in [6.07, 6.45) is -0.0370. The molecule has 0 radical (unpaired) electrons. The molecule has 0 atom stereocenters. The van der Waals surface area contributed by atoms with Crippen molar-refractivity contribution in [1.82, 2.24) is 0 Å². The van der Waals surface area contributed by atoms with Crippen molar-refractivity contribution in [3.63, 3.8) is 0 Å². The van der Waals surface area contributed by atoms with Crippen LogP contribution >= 0.6 is 0 Å². The Morgan fingerprint density at radius 3 is 1.07 bits per heavy atom. The number of hydrogen-bond acceptors (Lipinski definition) is 2. The summed E-state index contributed by atoms with van der Waals surface area (Å²) in [6, 6.07) is 0. The summed E-state index contributed by atoms with van der Waals surface area (Å²) in [6.45, 7) is 7.25. The van der Waals surface area contributed by atoms with Crippen molar-refractivity contribution in [2.24, 2.45) is 0 Å². The molecule has 0 fully saturated rings. The second kappa shape index (κ2) is 44.1. The molecule has 0 aliphatic rings. The number of halogens is 6. The normalized spacial score (nSPS) is 5.60. The minimum absolute atomic E-state index is 0. The first-order valence-electron chi connectivity index (χ1n) is 3.04. The molecule has 0 amide bonds. The first-order valence-corrected chi connectivity index (χ1v) is 3.04. The summed E-state index contributed by atoms with van der Waals surface area (Å²) in [4.78, 5) is 0. The van der Waals surface area contributed by atoms with Crippen molar-refractivity contribution in [1.29, 1.82) is 0 Å². The van der Waals surface area contributed by atoms with Crippen molar-refractivity contribution in [3.8, 4) is 0 Å². The van der Waals surface area contributed by atoms with Crippen LogP contribution in [-0.4, -0.2) is 19.5 Å². The van der Waals surface area contributed by atoms with Gasteiger partial charge in [0.2, 0.25) is 0 Å². The molecule has 0 heterocycles. The molecule has 0 aromatic rings. The number of ether oxygens (including phenoxy) is 2. The van der Waals surface area contributed by atoms with E-state index in [0.29, 0.717) is 0 Å². The Balaban J connectivity index is -0.0000000117. The topological polar surface area (TPSA) is 18.5 Å². The Kier molecular flexibility index (Phi) is 156. The van der Waals surface area contributed by atoms with Gasteiger partial charge in [0.1, 0.15) is 0 Å². The van der Waals surface area contributed by atoms with Gasteiger partial charge in [-0.2, -0.15) is 0 Å². The van der Waals surface area contributed by atoms with Gasteiger partial charge >= 0.3 is 0 Å². The smallest absolute Gasteiger partial charge is 0.154 e. The maximum Gasteiger partial charge on any atom is 0.154 e. The molecule has 0 aromatic carbocycles. The molecule has 104 valence electrons. The van der Waals surface area contributed by atoms with Crippen LogP contribution in [-0.2, 0) is 30.5 Å². The van der Waals surface area contributed by atoms with E-state index in [1.54, 1.807) is 0 Å². The van der Waals surface area contributed by atoms with Crippen molar-refractivity contribution < 1.29 is 105 Å². The SMILES string of the molecule is CCOC(C)OCC.[Cl-].[Cl-].[Cl-].[Cl-].[Cl-].[Cl-].[W]. The molecule has 2 nitrogen and oxygen atoms in total. The standard InChI is InChI=1S/C6H14O2.6ClH.W/c1-4-7-6(3)8-5-2;;;;;;;/h6H,4-5H2,1-3H3;6*1H;/p-6. The van der Waals surface area contributed by atoms with Gasteiger partial charge in [0.05, 0.1) is 0 Å². The van der Waals surface area contributed by atoms with E-state index in [2.05, 4.69) is 0 Å². The van der Waals surface area contributed by atoms with Crippen molar-refractivity contribution in [2.45, 2.75) is 27.1 Å². The molecular weight excluding hydrogens is 501 g/mol. The van der Waals surface area contributed by atoms with E-state index in [0.717, 1.165) is 13.2 Å². The van der Waals surface area contributed by atoms with Gasteiger partial charge in [-0.05, 0) is 20.8 Å². The fraction of sp³-hybridized carbons (Fsp3) is 1.00. The zero-order valence-electron chi connectivity index (χ0n) is 8.48. The van der Waals surface area contributed by atoms with Gasteiger partial charge in [0.25, 0.3) is 0 Å². The van der Waals surface area contributed by atoms with Crippen LogP contribution in [0.4, 0.5) is 0 Å². The molecule has 0 aliphatic carbocycles. The van der Waals surface area contributed by atoms with Crippen LogP contribution in [0.15, 0.2) is 0 Å². The zero-order valence-corrected chi connectivity index (χ0v) is 16.0. The summed E-state index contributed by atoms with van der Waals surface area (Å²) >= 11 is 0. The Labute approximate surface area is 144 Å². The second-order valence-corrected chi connectivity index (χ2v) is 1.48. The van der Waals surface area contributed by atoms with E-state index in [1.807, 2.05) is 20.8 Å². The molecule has 0 saturated carbocycles. The van der Waals surface area contributed by atoms with E-state index in [1.165, 1.54) is 0 Å². The van der Waals surface area contributed by atoms with Crippen LogP contribution in [0.2, 0.25) is 0 Å². The largest absolute Gasteiger partial charge is 1.00 e. The number of rotatable bonds is 4. The van der Waals surface area contributed by atoms with Crippen LogP contribution in [0.25, 0.3) is 0 Å². The van der Waals surface area contributed by atoms with Crippen LogP contribution in [0.3, 0.4) is 0 Å². The third-order valence-electron chi connectivity index (χ3n) is 0.803. The summed E-state index contributed by atoms with van der Waals surface area (Å²) in [5, 5.41) is 0. The third kappa shape index (κ3) is 48.3. The quantitative estimate of drug-likeness (QED) is 0.347. The van der Waals surface area contributed by atoms with E-state index >= 15 is 0 Å². The van der Waals surface area contributed by atoms with Crippen LogP contribution in [0.5, 0.6) is 0 Å². The Hall–Kier alpha value is 2.35. The summed E-state index contributed by atoms with van der Waals surface area (Å²) in [5.74, 6) is 0. The fourth-order valence-corrected chi connectivity index (χ4v) is 0.518. The van der Waals surface area contributed by atoms with E-state index in [-0.39, 0.29) is 102 Å². The Bertz CT molecular complexity index is 58.9. The van der Waals surface area contributed by atoms with E-state index in [4.69, 9.17) is 9.47 Å². The minimum Gasteiger partial charge on any atom is -1.00 e. The van der Waals surface area contributed by atoms with Gasteiger partial charge < -0.3 is 83.9 Å². The first-order chi connectivity index (χ1) is 3.81. The minimum atomic E-state index is -0.0370. The molecule has 0 bridgehead atoms. The molecule has 9 heteroatoms. The summed E-state index contributed by atoms with van der Waals surface area (Å²) in [5.41, 5.74) is 0. The van der Waals surface area contributed by atoms with Crippen LogP contribution < -0.4 is 74.4 Å². The Morgan fingerprint density at radius 1 is 0.733 bits per heavy atom. The second-order valence-electron chi connectivity index (χ2n) is 1.48. The van der Waals surface area contributed by atoms with Gasteiger partial charge in [-0.3, -0.25) is 0 Å². The zero-order chi connectivity index (χ0) is 6.41. The molecule has 0 aliphatic heterocycles. The van der Waals surface area contributed by atoms with E-state index in [9.17, 15) is 0 Å². The molecule has 0 saturated heterocycles. The van der Waals surface area contributed by atoms with Crippen molar-refractivity contribution >= 4 is 0 Å². The van der Waals surface area contributed by atoms with Gasteiger partial charge in [-0.25, -0.2) is 0 Å². The molecule has 0 N–H and O–H groups in total. The van der Waals surface area contributed by atoms with Crippen molar-refractivity contribution in [2.75, 3.05) is 13.2 Å². The molecule has 0 unspecified atom stereocenters. The maximum atomic E-state index is 5.06. The summed E-state index contributed by atoms with van der Waals surface area (Å²) < 4.78 is 10.1. The van der Waals surface area contributed by atoms with Gasteiger partial charge in [0.15, 0.2) is 6.29 Å². The Morgan fingerprint density at radius 2 is 0.933 bits per heavy atom. The van der Waals surface area contributed by atoms with Gasteiger partial charge in [-0.1, -0.05) is 0 Å². The molecule has 0 spiro atoms. The maximum absolute atomic E-state index is 5.06. The van der Waals surface area contributed by atoms with Gasteiger partial charge in [0, 0.05) is 34.3 Å². The van der Waals surface area contributed by atoms with Gasteiger partial charge in [-0.15, -0.1) is 0 Å². The first kappa shape index (κ1) is 53.1. The van der Waals surface area contributed by atoms with Crippen LogP contribution in [0.1, 0.15) is 20.8 Å². The molecule has 0 aromatic heterocycles. The average Bonchev–Trinajstić information content (AvgIpc) is 1.68. The van der Waals surface area contributed by atoms with Crippen molar-refractivity contribution in [3.05, 3.63) is 0 Å². The van der Waals surface area contributed by atoms with Crippen LogP contribution in [0, 0.1) is 0 Å². The predicted molar refractivity (Wildman–Crippen MR) is 32.7 cm³/mol. The molecule has 15 heavy (non-hydrogen) atoms. The average molecular weight is 515 g/mol. The molecule has 0 rings (SSSR count). The van der Waals surface area contributed by atoms with E-state index < -0.39 is 0 Å². The summed E-state index contributed by atoms with van der Waals surface area (Å²) in [7, 11) is 0.